The maximum absolute atomic E-state index is 9.24. The van der Waals surface area contributed by atoms with Crippen molar-refractivity contribution in [2.45, 2.75) is 19.1 Å². The van der Waals surface area contributed by atoms with Crippen molar-refractivity contribution in [1.29, 1.82) is 0 Å². The van der Waals surface area contributed by atoms with Crippen LogP contribution in [-0.2, 0) is 4.74 Å². The first kappa shape index (κ1) is 11.8. The molecule has 0 aliphatic rings. The molecule has 0 bridgehead atoms. The summed E-state index contributed by atoms with van der Waals surface area (Å²) in [6.07, 6.45) is -0.436. The highest BCUT2D eigenvalue weighted by Crippen LogP contribution is 1.96. The predicted molar refractivity (Wildman–Crippen MR) is 49.0 cm³/mol. The normalized spacial score (nSPS) is 16.5. The van der Waals surface area contributed by atoms with Crippen molar-refractivity contribution in [3.63, 3.8) is 0 Å². The zero-order chi connectivity index (χ0) is 9.56. The van der Waals surface area contributed by atoms with Crippen LogP contribution in [0, 0.1) is 0 Å². The van der Waals surface area contributed by atoms with Gasteiger partial charge in [-0.25, -0.2) is 0 Å². The molecule has 74 valence electrons. The van der Waals surface area contributed by atoms with Gasteiger partial charge in [0.05, 0.1) is 12.7 Å². The molecule has 12 heavy (non-hydrogen) atoms. The molecule has 0 saturated heterocycles. The predicted octanol–water partition coefficient (Wildman–Crippen LogP) is -0.727. The van der Waals surface area contributed by atoms with Crippen molar-refractivity contribution in [1.82, 2.24) is 4.90 Å². The molecule has 0 fully saturated rings. The van der Waals surface area contributed by atoms with Crippen molar-refractivity contribution in [2.24, 2.45) is 5.73 Å². The zero-order valence-electron chi connectivity index (χ0n) is 8.16. The van der Waals surface area contributed by atoms with Crippen LogP contribution in [0.3, 0.4) is 0 Å². The highest BCUT2D eigenvalue weighted by atomic mass is 16.5. The second-order valence-electron chi connectivity index (χ2n) is 3.13. The topological polar surface area (TPSA) is 58.7 Å². The third kappa shape index (κ3) is 4.66. The van der Waals surface area contributed by atoms with E-state index in [-0.39, 0.29) is 0 Å². The van der Waals surface area contributed by atoms with E-state index in [9.17, 15) is 5.11 Å². The van der Waals surface area contributed by atoms with Crippen LogP contribution < -0.4 is 5.73 Å². The van der Waals surface area contributed by atoms with Gasteiger partial charge in [-0.05, 0) is 14.0 Å². The van der Waals surface area contributed by atoms with Crippen LogP contribution in [0.1, 0.15) is 6.92 Å². The summed E-state index contributed by atoms with van der Waals surface area (Å²) in [5.41, 5.74) is 5.29. The smallest absolute Gasteiger partial charge is 0.0789 e. The van der Waals surface area contributed by atoms with Crippen LogP contribution >= 0.6 is 0 Å². The standard InChI is InChI=1S/C8H20N2O2/c1-7(6-12-3)10(2)5-8(11)4-9/h7-8,11H,4-6,9H2,1-3H3. The molecular formula is C8H20N2O2. The van der Waals surface area contributed by atoms with Gasteiger partial charge in [0, 0.05) is 26.2 Å². The molecule has 4 nitrogen and oxygen atoms in total. The molecule has 0 saturated carbocycles. The fourth-order valence-corrected chi connectivity index (χ4v) is 0.955. The molecule has 0 spiro atoms. The van der Waals surface area contributed by atoms with E-state index in [2.05, 4.69) is 0 Å². The Morgan fingerprint density at radius 2 is 2.17 bits per heavy atom. The van der Waals surface area contributed by atoms with E-state index < -0.39 is 6.10 Å². The molecule has 0 radical (unpaired) electrons. The van der Waals surface area contributed by atoms with Gasteiger partial charge in [0.15, 0.2) is 0 Å². The first-order chi connectivity index (χ1) is 5.61. The van der Waals surface area contributed by atoms with E-state index in [1.54, 1.807) is 7.11 Å². The summed E-state index contributed by atoms with van der Waals surface area (Å²) in [5, 5.41) is 9.24. The summed E-state index contributed by atoms with van der Waals surface area (Å²) >= 11 is 0. The SMILES string of the molecule is COCC(C)N(C)CC(O)CN. The summed E-state index contributed by atoms with van der Waals surface area (Å²) < 4.78 is 4.99. The van der Waals surface area contributed by atoms with Gasteiger partial charge >= 0.3 is 0 Å². The van der Waals surface area contributed by atoms with E-state index in [0.29, 0.717) is 25.7 Å². The largest absolute Gasteiger partial charge is 0.390 e. The zero-order valence-corrected chi connectivity index (χ0v) is 8.16. The monoisotopic (exact) mass is 176 g/mol. The van der Waals surface area contributed by atoms with Crippen LogP contribution in [0.4, 0.5) is 0 Å². The Kier molecular flexibility index (Phi) is 6.28. The number of nitrogens with zero attached hydrogens (tertiary/aromatic N) is 1. The lowest BCUT2D eigenvalue weighted by Gasteiger charge is -2.25. The van der Waals surface area contributed by atoms with E-state index in [1.807, 2.05) is 18.9 Å². The Morgan fingerprint density at radius 3 is 2.58 bits per heavy atom. The summed E-state index contributed by atoms with van der Waals surface area (Å²) in [7, 11) is 3.62. The van der Waals surface area contributed by atoms with Gasteiger partial charge < -0.3 is 15.6 Å². The molecule has 0 aliphatic heterocycles. The number of rotatable bonds is 6. The molecule has 0 aliphatic carbocycles. The van der Waals surface area contributed by atoms with E-state index in [1.165, 1.54) is 0 Å². The average Bonchev–Trinajstić information content (AvgIpc) is 2.04. The Hall–Kier alpha value is -0.160. The van der Waals surface area contributed by atoms with Crippen molar-refractivity contribution < 1.29 is 9.84 Å². The number of methoxy groups -OCH3 is 1. The fourth-order valence-electron chi connectivity index (χ4n) is 0.955. The van der Waals surface area contributed by atoms with Gasteiger partial charge in [-0.2, -0.15) is 0 Å². The lowest BCUT2D eigenvalue weighted by molar-refractivity contribution is 0.0743. The number of nitrogens with two attached hydrogens (primary N) is 1. The van der Waals surface area contributed by atoms with Gasteiger partial charge in [-0.3, -0.25) is 4.90 Å². The number of hydrogen-bond donors (Lipinski definition) is 2. The summed E-state index contributed by atoms with van der Waals surface area (Å²) in [6, 6.07) is 0.316. The van der Waals surface area contributed by atoms with Gasteiger partial charge in [0.2, 0.25) is 0 Å². The Morgan fingerprint density at radius 1 is 1.58 bits per heavy atom. The maximum Gasteiger partial charge on any atom is 0.0789 e. The van der Waals surface area contributed by atoms with Crippen LogP contribution in [0.2, 0.25) is 0 Å². The van der Waals surface area contributed by atoms with Crippen molar-refractivity contribution in [2.75, 3.05) is 33.9 Å². The molecule has 0 aromatic carbocycles. The molecule has 0 aromatic rings. The van der Waals surface area contributed by atoms with Crippen LogP contribution in [0.5, 0.6) is 0 Å². The number of ether oxygens (including phenoxy) is 1. The molecule has 0 heterocycles. The number of aliphatic hydroxyl groups excluding tert-OH is 1. The fraction of sp³-hybridized carbons (Fsp3) is 1.00. The summed E-state index contributed by atoms with van der Waals surface area (Å²) in [5.74, 6) is 0. The quantitative estimate of drug-likeness (QED) is 0.560. The highest BCUT2D eigenvalue weighted by molar-refractivity contribution is 4.67. The number of aliphatic hydroxyl groups is 1. The Balaban J connectivity index is 3.62. The van der Waals surface area contributed by atoms with Gasteiger partial charge in [0.25, 0.3) is 0 Å². The minimum Gasteiger partial charge on any atom is -0.390 e. The van der Waals surface area contributed by atoms with Crippen LogP contribution in [0.15, 0.2) is 0 Å². The molecule has 2 unspecified atom stereocenters. The van der Waals surface area contributed by atoms with E-state index in [0.717, 1.165) is 0 Å². The number of likely N-dealkylation sites (N-methyl/N-ethyl adjacent to an activating group) is 1. The number of hydrogen-bond acceptors (Lipinski definition) is 4. The highest BCUT2D eigenvalue weighted by Gasteiger charge is 2.11. The second kappa shape index (κ2) is 6.37. The van der Waals surface area contributed by atoms with Gasteiger partial charge in [-0.1, -0.05) is 0 Å². The Bertz CT molecular complexity index is 111. The molecular weight excluding hydrogens is 156 g/mol. The summed E-state index contributed by atoms with van der Waals surface area (Å²) in [4.78, 5) is 2.03. The molecule has 0 amide bonds. The van der Waals surface area contributed by atoms with Gasteiger partial charge in [0.1, 0.15) is 0 Å². The first-order valence-corrected chi connectivity index (χ1v) is 4.19. The first-order valence-electron chi connectivity index (χ1n) is 4.19. The van der Waals surface area contributed by atoms with Crippen LogP contribution in [0.25, 0.3) is 0 Å². The molecule has 0 rings (SSSR count). The van der Waals surface area contributed by atoms with Crippen molar-refractivity contribution >= 4 is 0 Å². The Labute approximate surface area is 74.3 Å². The van der Waals surface area contributed by atoms with Crippen molar-refractivity contribution in [3.05, 3.63) is 0 Å². The van der Waals surface area contributed by atoms with E-state index in [4.69, 9.17) is 10.5 Å². The molecule has 2 atom stereocenters. The molecule has 0 aromatic heterocycles. The third-order valence-corrected chi connectivity index (χ3v) is 1.93. The second-order valence-corrected chi connectivity index (χ2v) is 3.13. The van der Waals surface area contributed by atoms with Crippen LogP contribution in [-0.4, -0.2) is 56.0 Å². The molecule has 4 heteroatoms. The van der Waals surface area contributed by atoms with Crippen molar-refractivity contribution in [3.8, 4) is 0 Å². The minimum atomic E-state index is -0.436. The lowest BCUT2D eigenvalue weighted by Crippen LogP contribution is -2.40. The minimum absolute atomic E-state index is 0.310. The lowest BCUT2D eigenvalue weighted by atomic mass is 10.2. The molecule has 3 N–H and O–H groups in total. The summed E-state index contributed by atoms with van der Waals surface area (Å²) in [6.45, 7) is 3.63. The third-order valence-electron chi connectivity index (χ3n) is 1.93. The van der Waals surface area contributed by atoms with E-state index >= 15 is 0 Å². The average molecular weight is 176 g/mol. The van der Waals surface area contributed by atoms with Gasteiger partial charge in [-0.15, -0.1) is 0 Å². The maximum atomic E-state index is 9.24.